The van der Waals surface area contributed by atoms with Gasteiger partial charge in [0.25, 0.3) is 10.0 Å². The third kappa shape index (κ3) is 3.16. The predicted molar refractivity (Wildman–Crippen MR) is 82.2 cm³/mol. The van der Waals surface area contributed by atoms with Crippen LogP contribution < -0.4 is 10.5 Å². The van der Waals surface area contributed by atoms with Gasteiger partial charge in [0.2, 0.25) is 0 Å². The Morgan fingerprint density at radius 2 is 1.95 bits per heavy atom. The maximum atomic E-state index is 13.5. The SMILES string of the molecule is CCc1ccc(N)cc1S(=O)(=O)Nc1cccc(F)c1C. The summed E-state index contributed by atoms with van der Waals surface area (Å²) in [6.07, 6.45) is 0.554. The van der Waals surface area contributed by atoms with Gasteiger partial charge in [-0.05, 0) is 43.2 Å². The molecule has 0 fully saturated rings. The first-order valence-electron chi connectivity index (χ1n) is 6.51. The van der Waals surface area contributed by atoms with Crippen LogP contribution in [0, 0.1) is 12.7 Å². The van der Waals surface area contributed by atoms with Crippen molar-refractivity contribution < 1.29 is 12.8 Å². The zero-order valence-electron chi connectivity index (χ0n) is 11.9. The average Bonchev–Trinajstić information content (AvgIpc) is 2.44. The molecule has 0 radical (unpaired) electrons. The normalized spacial score (nSPS) is 11.4. The molecule has 4 nitrogen and oxygen atoms in total. The molecule has 0 saturated heterocycles. The third-order valence-corrected chi connectivity index (χ3v) is 4.72. The maximum Gasteiger partial charge on any atom is 0.262 e. The summed E-state index contributed by atoms with van der Waals surface area (Å²) < 4.78 is 40.9. The summed E-state index contributed by atoms with van der Waals surface area (Å²) in [5, 5.41) is 0. The number of nitrogens with two attached hydrogens (primary N) is 1. The van der Waals surface area contributed by atoms with Crippen molar-refractivity contribution in [2.45, 2.75) is 25.2 Å². The van der Waals surface area contributed by atoms with Crippen LogP contribution in [0.5, 0.6) is 0 Å². The number of halogens is 1. The van der Waals surface area contributed by atoms with Crippen molar-refractivity contribution in [3.05, 3.63) is 53.3 Å². The summed E-state index contributed by atoms with van der Waals surface area (Å²) in [4.78, 5) is 0.119. The maximum absolute atomic E-state index is 13.5. The Bertz CT molecular complexity index is 773. The van der Waals surface area contributed by atoms with Crippen LogP contribution >= 0.6 is 0 Å². The topological polar surface area (TPSA) is 72.2 Å². The van der Waals surface area contributed by atoms with E-state index in [9.17, 15) is 12.8 Å². The molecule has 0 aliphatic carbocycles. The minimum Gasteiger partial charge on any atom is -0.399 e. The van der Waals surface area contributed by atoms with Crippen molar-refractivity contribution >= 4 is 21.4 Å². The molecule has 0 aliphatic heterocycles. The highest BCUT2D eigenvalue weighted by molar-refractivity contribution is 7.92. The number of nitrogen functional groups attached to an aromatic ring is 1. The number of hydrogen-bond acceptors (Lipinski definition) is 3. The Kier molecular flexibility index (Phi) is 4.18. The molecule has 2 aromatic carbocycles. The van der Waals surface area contributed by atoms with E-state index in [1.807, 2.05) is 6.92 Å². The van der Waals surface area contributed by atoms with Crippen molar-refractivity contribution in [3.63, 3.8) is 0 Å². The first-order valence-corrected chi connectivity index (χ1v) is 8.00. The summed E-state index contributed by atoms with van der Waals surface area (Å²) in [5.74, 6) is -0.460. The summed E-state index contributed by atoms with van der Waals surface area (Å²) in [5.41, 5.74) is 7.17. The summed E-state index contributed by atoms with van der Waals surface area (Å²) >= 11 is 0. The second-order valence-electron chi connectivity index (χ2n) is 4.74. The van der Waals surface area contributed by atoms with Crippen LogP contribution in [0.3, 0.4) is 0 Å². The van der Waals surface area contributed by atoms with Gasteiger partial charge in [-0.15, -0.1) is 0 Å². The Morgan fingerprint density at radius 3 is 2.62 bits per heavy atom. The fourth-order valence-corrected chi connectivity index (χ4v) is 3.50. The van der Waals surface area contributed by atoms with E-state index in [2.05, 4.69) is 4.72 Å². The second kappa shape index (κ2) is 5.73. The Balaban J connectivity index is 2.48. The Hall–Kier alpha value is -2.08. The van der Waals surface area contributed by atoms with Crippen LogP contribution in [0.4, 0.5) is 15.8 Å². The number of benzene rings is 2. The highest BCUT2D eigenvalue weighted by Crippen LogP contribution is 2.25. The second-order valence-corrected chi connectivity index (χ2v) is 6.39. The van der Waals surface area contributed by atoms with Crippen molar-refractivity contribution in [1.82, 2.24) is 0 Å². The number of nitrogens with one attached hydrogen (secondary N) is 1. The molecule has 2 rings (SSSR count). The molecule has 112 valence electrons. The molecular weight excluding hydrogens is 291 g/mol. The van der Waals surface area contributed by atoms with Gasteiger partial charge in [-0.1, -0.05) is 19.1 Å². The van der Waals surface area contributed by atoms with Gasteiger partial charge in [-0.25, -0.2) is 12.8 Å². The summed E-state index contributed by atoms with van der Waals surface area (Å²) in [6, 6.07) is 9.02. The number of anilines is 2. The molecule has 0 aliphatic rings. The smallest absolute Gasteiger partial charge is 0.262 e. The van der Waals surface area contributed by atoms with E-state index >= 15 is 0 Å². The fraction of sp³-hybridized carbons (Fsp3) is 0.200. The summed E-state index contributed by atoms with van der Waals surface area (Å²) in [6.45, 7) is 3.38. The molecule has 21 heavy (non-hydrogen) atoms. The lowest BCUT2D eigenvalue weighted by Gasteiger charge is -2.14. The summed E-state index contributed by atoms with van der Waals surface area (Å²) in [7, 11) is -3.81. The number of sulfonamides is 1. The predicted octanol–water partition coefficient (Wildman–Crippen LogP) is 3.08. The first-order chi connectivity index (χ1) is 9.85. The van der Waals surface area contributed by atoms with E-state index in [1.165, 1.54) is 31.2 Å². The van der Waals surface area contributed by atoms with Crippen LogP contribution in [-0.4, -0.2) is 8.42 Å². The average molecular weight is 308 g/mol. The van der Waals surface area contributed by atoms with Crippen molar-refractivity contribution in [2.24, 2.45) is 0 Å². The molecule has 0 saturated carbocycles. The lowest BCUT2D eigenvalue weighted by molar-refractivity contribution is 0.599. The van der Waals surface area contributed by atoms with Gasteiger partial charge in [0.15, 0.2) is 0 Å². The monoisotopic (exact) mass is 308 g/mol. The van der Waals surface area contributed by atoms with E-state index in [1.54, 1.807) is 12.1 Å². The largest absolute Gasteiger partial charge is 0.399 e. The number of rotatable bonds is 4. The third-order valence-electron chi connectivity index (χ3n) is 3.27. The van der Waals surface area contributed by atoms with Gasteiger partial charge in [-0.2, -0.15) is 0 Å². The van der Waals surface area contributed by atoms with E-state index in [4.69, 9.17) is 5.73 Å². The van der Waals surface area contributed by atoms with Crippen LogP contribution in [0.2, 0.25) is 0 Å². The fourth-order valence-electron chi connectivity index (χ4n) is 2.03. The first kappa shape index (κ1) is 15.3. The molecule has 0 unspecified atom stereocenters. The minimum atomic E-state index is -3.81. The quantitative estimate of drug-likeness (QED) is 0.853. The minimum absolute atomic E-state index is 0.119. The van der Waals surface area contributed by atoms with E-state index in [0.29, 0.717) is 17.7 Å². The van der Waals surface area contributed by atoms with Gasteiger partial charge in [-0.3, -0.25) is 4.72 Å². The van der Waals surface area contributed by atoms with Crippen LogP contribution in [-0.2, 0) is 16.4 Å². The molecule has 6 heteroatoms. The lowest BCUT2D eigenvalue weighted by atomic mass is 10.1. The van der Waals surface area contributed by atoms with Crippen LogP contribution in [0.1, 0.15) is 18.1 Å². The molecular formula is C15H17FN2O2S. The molecule has 0 aromatic heterocycles. The van der Waals surface area contributed by atoms with Crippen molar-refractivity contribution in [3.8, 4) is 0 Å². The van der Waals surface area contributed by atoms with Gasteiger partial charge in [0, 0.05) is 11.3 Å². The Labute approximate surface area is 123 Å². The van der Waals surface area contributed by atoms with Crippen LogP contribution in [0.15, 0.2) is 41.3 Å². The molecule has 0 heterocycles. The van der Waals surface area contributed by atoms with E-state index in [-0.39, 0.29) is 16.1 Å². The van der Waals surface area contributed by atoms with E-state index in [0.717, 1.165) is 0 Å². The highest BCUT2D eigenvalue weighted by Gasteiger charge is 2.19. The van der Waals surface area contributed by atoms with Crippen molar-refractivity contribution in [2.75, 3.05) is 10.5 Å². The molecule has 2 aromatic rings. The highest BCUT2D eigenvalue weighted by atomic mass is 32.2. The Morgan fingerprint density at radius 1 is 1.24 bits per heavy atom. The van der Waals surface area contributed by atoms with Crippen LogP contribution in [0.25, 0.3) is 0 Å². The lowest BCUT2D eigenvalue weighted by Crippen LogP contribution is -2.16. The molecule has 0 spiro atoms. The van der Waals surface area contributed by atoms with Gasteiger partial charge in [0.1, 0.15) is 5.82 Å². The van der Waals surface area contributed by atoms with E-state index < -0.39 is 15.8 Å². The van der Waals surface area contributed by atoms with Gasteiger partial charge in [0.05, 0.1) is 10.6 Å². The molecule has 0 bridgehead atoms. The van der Waals surface area contributed by atoms with Gasteiger partial charge < -0.3 is 5.73 Å². The zero-order chi connectivity index (χ0) is 15.6. The van der Waals surface area contributed by atoms with Crippen molar-refractivity contribution in [1.29, 1.82) is 0 Å². The molecule has 3 N–H and O–H groups in total. The molecule has 0 amide bonds. The van der Waals surface area contributed by atoms with Gasteiger partial charge >= 0.3 is 0 Å². The molecule has 0 atom stereocenters. The standard InChI is InChI=1S/C15H17FN2O2S/c1-3-11-7-8-12(17)9-15(11)21(19,20)18-14-6-4-5-13(16)10(14)2/h4-9,18H,3,17H2,1-2H3. The zero-order valence-corrected chi connectivity index (χ0v) is 12.7. The number of aryl methyl sites for hydroxylation is 1. The number of hydrogen-bond donors (Lipinski definition) is 2.